The van der Waals surface area contributed by atoms with Crippen molar-refractivity contribution in [2.24, 2.45) is 22.2 Å². The first-order chi connectivity index (χ1) is 17.8. The number of carbonyl (C=O) groups is 5. The third-order valence-corrected chi connectivity index (χ3v) is 5.12. The molecule has 4 atom stereocenters. The van der Waals surface area contributed by atoms with Crippen LogP contribution in [0.25, 0.3) is 0 Å². The second kappa shape index (κ2) is 15.6. The van der Waals surface area contributed by atoms with Gasteiger partial charge in [-0.2, -0.15) is 0 Å². The first-order valence-electron chi connectivity index (χ1n) is 11.4. The van der Waals surface area contributed by atoms with Crippen LogP contribution in [0.3, 0.4) is 0 Å². The van der Waals surface area contributed by atoms with E-state index in [0.29, 0.717) is 5.56 Å². The number of carbonyl (C=O) groups excluding carboxylic acids is 3. The van der Waals surface area contributed by atoms with Crippen LogP contribution in [-0.2, 0) is 30.4 Å². The van der Waals surface area contributed by atoms with Crippen molar-refractivity contribution in [2.75, 3.05) is 13.2 Å². The summed E-state index contributed by atoms with van der Waals surface area (Å²) in [6.07, 6.45) is -0.776. The summed E-state index contributed by atoms with van der Waals surface area (Å²) in [5.74, 6) is -6.03. The number of aliphatic carboxylic acids is 2. The lowest BCUT2D eigenvalue weighted by molar-refractivity contribution is -0.144. The monoisotopic (exact) mass is 539 g/mol. The van der Waals surface area contributed by atoms with Crippen molar-refractivity contribution in [2.45, 2.75) is 49.9 Å². The number of benzene rings is 1. The molecular formula is C22H33N7O9. The van der Waals surface area contributed by atoms with E-state index in [1.54, 1.807) is 0 Å². The highest BCUT2D eigenvalue weighted by Crippen LogP contribution is 2.11. The van der Waals surface area contributed by atoms with Crippen molar-refractivity contribution < 1.29 is 44.4 Å². The summed E-state index contributed by atoms with van der Waals surface area (Å²) >= 11 is 0. The molecule has 1 rings (SSSR count). The number of aliphatic hydroxyl groups excluding tert-OH is 1. The molecule has 0 aliphatic heterocycles. The average molecular weight is 540 g/mol. The van der Waals surface area contributed by atoms with Crippen LogP contribution >= 0.6 is 0 Å². The Morgan fingerprint density at radius 1 is 0.868 bits per heavy atom. The summed E-state index contributed by atoms with van der Waals surface area (Å²) in [5, 5.41) is 43.4. The zero-order valence-electron chi connectivity index (χ0n) is 20.4. The van der Waals surface area contributed by atoms with Gasteiger partial charge in [0.15, 0.2) is 5.96 Å². The van der Waals surface area contributed by atoms with Crippen LogP contribution in [0.4, 0.5) is 0 Å². The molecule has 0 aliphatic rings. The molecule has 38 heavy (non-hydrogen) atoms. The summed E-state index contributed by atoms with van der Waals surface area (Å²) in [6.45, 7) is -0.863. The molecule has 0 fully saturated rings. The Hall–Kier alpha value is -4.44. The van der Waals surface area contributed by atoms with Crippen molar-refractivity contribution >= 4 is 35.6 Å². The van der Waals surface area contributed by atoms with Crippen LogP contribution in [0.2, 0.25) is 0 Å². The smallest absolute Gasteiger partial charge is 0.328 e. The Morgan fingerprint density at radius 2 is 1.42 bits per heavy atom. The Balaban J connectivity index is 2.99. The number of nitrogens with zero attached hydrogens (tertiary/aromatic N) is 1. The summed E-state index contributed by atoms with van der Waals surface area (Å²) in [5.41, 5.74) is 17.0. The lowest BCUT2D eigenvalue weighted by Gasteiger charge is -2.24. The highest BCUT2D eigenvalue weighted by molar-refractivity contribution is 5.95. The van der Waals surface area contributed by atoms with Gasteiger partial charge in [0.1, 0.15) is 23.9 Å². The van der Waals surface area contributed by atoms with Gasteiger partial charge in [-0.25, -0.2) is 4.79 Å². The number of aliphatic hydroxyl groups is 1. The molecule has 0 spiro atoms. The molecule has 210 valence electrons. The molecule has 0 saturated carbocycles. The standard InChI is InChI=1S/C22H33N7O9/c23-13(8-11-3-5-12(31)6-4-11)18(34)28-15(9-17(32)33)20(36)27-14(2-1-7-26-22(24)25)19(35)29-16(10-30)21(37)38/h3-6,13-16,30-31H,1-2,7-10,23H2,(H,27,36)(H,28,34)(H,29,35)(H,32,33)(H,37,38)(H4,24,25,26). The van der Waals surface area contributed by atoms with Crippen LogP contribution in [0.1, 0.15) is 24.8 Å². The van der Waals surface area contributed by atoms with Gasteiger partial charge in [0.05, 0.1) is 19.1 Å². The van der Waals surface area contributed by atoms with Gasteiger partial charge in [0.2, 0.25) is 17.7 Å². The minimum absolute atomic E-state index is 0.00974. The van der Waals surface area contributed by atoms with Crippen LogP contribution in [-0.4, -0.2) is 93.4 Å². The van der Waals surface area contributed by atoms with Crippen LogP contribution in [0.15, 0.2) is 29.3 Å². The van der Waals surface area contributed by atoms with E-state index in [9.17, 15) is 39.3 Å². The molecule has 0 bridgehead atoms. The number of rotatable bonds is 16. The fourth-order valence-corrected chi connectivity index (χ4v) is 3.14. The van der Waals surface area contributed by atoms with E-state index in [1.807, 2.05) is 0 Å². The maximum Gasteiger partial charge on any atom is 0.328 e. The predicted molar refractivity (Wildman–Crippen MR) is 132 cm³/mol. The zero-order chi connectivity index (χ0) is 28.8. The van der Waals surface area contributed by atoms with E-state index in [1.165, 1.54) is 24.3 Å². The van der Waals surface area contributed by atoms with Gasteiger partial charge < -0.3 is 53.6 Å². The summed E-state index contributed by atoms with van der Waals surface area (Å²) in [6, 6.07) is -0.000367. The van der Waals surface area contributed by atoms with Gasteiger partial charge >= 0.3 is 11.9 Å². The number of nitrogens with one attached hydrogen (secondary N) is 3. The Morgan fingerprint density at radius 3 is 1.95 bits per heavy atom. The van der Waals surface area contributed by atoms with Crippen molar-refractivity contribution in [1.82, 2.24) is 16.0 Å². The van der Waals surface area contributed by atoms with E-state index in [2.05, 4.69) is 20.9 Å². The number of hydrogen-bond acceptors (Lipinski definition) is 9. The molecule has 3 amide bonds. The van der Waals surface area contributed by atoms with E-state index < -0.39 is 66.9 Å². The highest BCUT2D eigenvalue weighted by atomic mass is 16.4. The van der Waals surface area contributed by atoms with Crippen LogP contribution in [0.5, 0.6) is 5.75 Å². The third-order valence-electron chi connectivity index (χ3n) is 5.12. The number of amides is 3. The molecule has 0 aromatic heterocycles. The molecule has 0 radical (unpaired) electrons. The number of carboxylic acid groups (broad SMARTS) is 2. The molecule has 16 heteroatoms. The number of aromatic hydroxyl groups is 1. The minimum Gasteiger partial charge on any atom is -0.508 e. The number of guanidine groups is 1. The van der Waals surface area contributed by atoms with E-state index >= 15 is 0 Å². The first kappa shape index (κ1) is 31.6. The van der Waals surface area contributed by atoms with Crippen molar-refractivity contribution in [1.29, 1.82) is 0 Å². The lowest BCUT2D eigenvalue weighted by Crippen LogP contribution is -2.58. The normalized spacial score (nSPS) is 13.7. The highest BCUT2D eigenvalue weighted by Gasteiger charge is 2.31. The summed E-state index contributed by atoms with van der Waals surface area (Å²) in [7, 11) is 0. The van der Waals surface area contributed by atoms with Gasteiger partial charge in [-0.3, -0.25) is 24.2 Å². The predicted octanol–water partition coefficient (Wildman–Crippen LogP) is -3.68. The maximum absolute atomic E-state index is 12.9. The Bertz CT molecular complexity index is 1010. The lowest BCUT2D eigenvalue weighted by atomic mass is 10.0. The third kappa shape index (κ3) is 11.5. The Labute approximate surface area is 217 Å². The molecule has 1 aromatic carbocycles. The summed E-state index contributed by atoms with van der Waals surface area (Å²) in [4.78, 5) is 64.4. The largest absolute Gasteiger partial charge is 0.508 e. The number of aliphatic imine (C=N–C) groups is 1. The molecule has 16 nitrogen and oxygen atoms in total. The molecule has 1 aromatic rings. The number of phenolic OH excluding ortho intramolecular Hbond substituents is 1. The molecule has 0 saturated heterocycles. The van der Waals surface area contributed by atoms with Crippen molar-refractivity contribution in [3.8, 4) is 5.75 Å². The van der Waals surface area contributed by atoms with Crippen molar-refractivity contribution in [3.05, 3.63) is 29.8 Å². The second-order valence-corrected chi connectivity index (χ2v) is 8.23. The quantitative estimate of drug-likeness (QED) is 0.0552. The molecule has 4 unspecified atom stereocenters. The SMILES string of the molecule is NC(N)=NCCCC(NC(=O)C(CC(=O)O)NC(=O)C(N)Cc1ccc(O)cc1)C(=O)NC(CO)C(=O)O. The van der Waals surface area contributed by atoms with Crippen LogP contribution < -0.4 is 33.2 Å². The fourth-order valence-electron chi connectivity index (χ4n) is 3.14. The second-order valence-electron chi connectivity index (χ2n) is 8.23. The van der Waals surface area contributed by atoms with Gasteiger partial charge in [-0.1, -0.05) is 12.1 Å². The topological polar surface area (TPSA) is 293 Å². The van der Waals surface area contributed by atoms with Crippen molar-refractivity contribution in [3.63, 3.8) is 0 Å². The number of phenols is 1. The fraction of sp³-hybridized carbons (Fsp3) is 0.455. The van der Waals surface area contributed by atoms with E-state index in [4.69, 9.17) is 22.3 Å². The molecule has 13 N–H and O–H groups in total. The van der Waals surface area contributed by atoms with E-state index in [0.717, 1.165) is 0 Å². The average Bonchev–Trinajstić information content (AvgIpc) is 2.84. The zero-order valence-corrected chi connectivity index (χ0v) is 20.4. The Kier molecular flexibility index (Phi) is 13.0. The number of nitrogens with two attached hydrogens (primary N) is 3. The number of hydrogen-bond donors (Lipinski definition) is 10. The van der Waals surface area contributed by atoms with Gasteiger partial charge in [-0.15, -0.1) is 0 Å². The van der Waals surface area contributed by atoms with Crippen LogP contribution in [0, 0.1) is 0 Å². The maximum atomic E-state index is 12.9. The van der Waals surface area contributed by atoms with Gasteiger partial charge in [0, 0.05) is 6.54 Å². The van der Waals surface area contributed by atoms with Gasteiger partial charge in [0.25, 0.3) is 0 Å². The van der Waals surface area contributed by atoms with Gasteiger partial charge in [-0.05, 0) is 37.0 Å². The minimum atomic E-state index is -1.66. The van der Waals surface area contributed by atoms with E-state index in [-0.39, 0.29) is 37.5 Å². The number of carboxylic acids is 2. The summed E-state index contributed by atoms with van der Waals surface area (Å²) < 4.78 is 0. The molecule has 0 aliphatic carbocycles. The molecule has 0 heterocycles. The molecular weight excluding hydrogens is 506 g/mol. The first-order valence-corrected chi connectivity index (χ1v) is 11.4.